The average molecular weight is 408 g/mol. The first-order valence-corrected chi connectivity index (χ1v) is 10.0. The predicted octanol–water partition coefficient (Wildman–Crippen LogP) is 2.80. The first-order chi connectivity index (χ1) is 13.2. The number of benzene rings is 1. The van der Waals surface area contributed by atoms with E-state index in [0.717, 1.165) is 0 Å². The van der Waals surface area contributed by atoms with E-state index in [1.165, 1.54) is 16.4 Å². The van der Waals surface area contributed by atoms with Crippen LogP contribution in [-0.4, -0.2) is 57.2 Å². The molecule has 0 unspecified atom stereocenters. The fraction of sp³-hybridized carbons (Fsp3) is 0.526. The van der Waals surface area contributed by atoms with Gasteiger partial charge in [-0.3, -0.25) is 4.79 Å². The Balaban J connectivity index is 2.27. The number of nitrogens with zero attached hydrogens (tertiary/aromatic N) is 4. The summed E-state index contributed by atoms with van der Waals surface area (Å²) in [5, 5.41) is 8.49. The van der Waals surface area contributed by atoms with Crippen LogP contribution in [0.1, 0.15) is 34.6 Å². The number of aromatic nitrogens is 3. The van der Waals surface area contributed by atoms with Crippen LogP contribution >= 0.6 is 11.8 Å². The molecule has 154 valence electrons. The van der Waals surface area contributed by atoms with Gasteiger partial charge in [0.05, 0.1) is 25.0 Å². The van der Waals surface area contributed by atoms with E-state index in [4.69, 9.17) is 15.3 Å². The molecule has 0 saturated heterocycles. The molecule has 1 aromatic carbocycles. The Kier molecular flexibility index (Phi) is 7.17. The van der Waals surface area contributed by atoms with E-state index in [1.807, 2.05) is 45.6 Å². The van der Waals surface area contributed by atoms with Crippen LogP contribution in [-0.2, 0) is 4.79 Å². The van der Waals surface area contributed by atoms with Crippen LogP contribution < -0.4 is 15.3 Å². The van der Waals surface area contributed by atoms with Gasteiger partial charge in [-0.25, -0.2) is 4.68 Å². The van der Waals surface area contributed by atoms with Gasteiger partial charge in [-0.2, -0.15) is 0 Å². The zero-order valence-corrected chi connectivity index (χ0v) is 18.3. The van der Waals surface area contributed by atoms with Gasteiger partial charge in [-0.1, -0.05) is 11.8 Å². The molecule has 0 spiro atoms. The van der Waals surface area contributed by atoms with Crippen molar-refractivity contribution in [2.24, 2.45) is 0 Å². The summed E-state index contributed by atoms with van der Waals surface area (Å²) in [7, 11) is 3.16. The molecule has 2 rings (SSSR count). The SMILES string of the molecule is COc1ccc(-c2nnc(S[C@H](C)C(=O)N(C(C)C)C(C)C)n2N)c(OC)c1. The van der Waals surface area contributed by atoms with E-state index in [1.54, 1.807) is 26.4 Å². The number of nitrogens with two attached hydrogens (primary N) is 1. The number of thioether (sulfide) groups is 1. The topological polar surface area (TPSA) is 95.5 Å². The van der Waals surface area contributed by atoms with Crippen molar-refractivity contribution in [3.63, 3.8) is 0 Å². The zero-order valence-electron chi connectivity index (χ0n) is 17.5. The normalized spacial score (nSPS) is 12.3. The Morgan fingerprint density at radius 3 is 2.29 bits per heavy atom. The summed E-state index contributed by atoms with van der Waals surface area (Å²) >= 11 is 1.29. The Labute approximate surface area is 170 Å². The lowest BCUT2D eigenvalue weighted by molar-refractivity contribution is -0.133. The van der Waals surface area contributed by atoms with Crippen molar-refractivity contribution in [2.45, 2.75) is 57.1 Å². The number of carbonyl (C=O) groups is 1. The minimum absolute atomic E-state index is 0.0431. The summed E-state index contributed by atoms with van der Waals surface area (Å²) in [4.78, 5) is 14.7. The highest BCUT2D eigenvalue weighted by atomic mass is 32.2. The summed E-state index contributed by atoms with van der Waals surface area (Å²) in [6.45, 7) is 9.89. The Morgan fingerprint density at radius 2 is 1.75 bits per heavy atom. The van der Waals surface area contributed by atoms with Crippen LogP contribution in [0.2, 0.25) is 0 Å². The van der Waals surface area contributed by atoms with Crippen LogP contribution in [0.25, 0.3) is 11.4 Å². The fourth-order valence-corrected chi connectivity index (χ4v) is 3.87. The van der Waals surface area contributed by atoms with Gasteiger partial charge in [-0.05, 0) is 46.8 Å². The van der Waals surface area contributed by atoms with E-state index in [9.17, 15) is 4.79 Å². The molecule has 0 radical (unpaired) electrons. The molecule has 2 N–H and O–H groups in total. The summed E-state index contributed by atoms with van der Waals surface area (Å²) in [6, 6.07) is 5.60. The highest BCUT2D eigenvalue weighted by molar-refractivity contribution is 8.00. The van der Waals surface area contributed by atoms with E-state index < -0.39 is 0 Å². The second-order valence-corrected chi connectivity index (χ2v) is 8.24. The van der Waals surface area contributed by atoms with Gasteiger partial charge in [0, 0.05) is 18.2 Å². The summed E-state index contributed by atoms with van der Waals surface area (Å²) in [5.74, 6) is 7.97. The highest BCUT2D eigenvalue weighted by Gasteiger charge is 2.28. The number of methoxy groups -OCH3 is 2. The lowest BCUT2D eigenvalue weighted by atomic mass is 10.2. The van der Waals surface area contributed by atoms with Gasteiger partial charge in [-0.15, -0.1) is 10.2 Å². The number of ether oxygens (including phenoxy) is 2. The third kappa shape index (κ3) is 4.52. The molecule has 8 nitrogen and oxygen atoms in total. The van der Waals surface area contributed by atoms with Crippen molar-refractivity contribution in [1.82, 2.24) is 19.8 Å². The molecule has 2 aromatic rings. The molecule has 1 amide bonds. The van der Waals surface area contributed by atoms with Crippen molar-refractivity contribution in [1.29, 1.82) is 0 Å². The van der Waals surface area contributed by atoms with Crippen LogP contribution in [0, 0.1) is 0 Å². The molecule has 0 saturated carbocycles. The van der Waals surface area contributed by atoms with Crippen LogP contribution in [0.3, 0.4) is 0 Å². The van der Waals surface area contributed by atoms with E-state index >= 15 is 0 Å². The van der Waals surface area contributed by atoms with E-state index in [-0.39, 0.29) is 23.2 Å². The van der Waals surface area contributed by atoms with Crippen LogP contribution in [0.15, 0.2) is 23.4 Å². The number of hydrogen-bond acceptors (Lipinski definition) is 7. The highest BCUT2D eigenvalue weighted by Crippen LogP contribution is 2.33. The summed E-state index contributed by atoms with van der Waals surface area (Å²) in [6.07, 6.45) is 0. The van der Waals surface area contributed by atoms with Gasteiger partial charge in [0.25, 0.3) is 0 Å². The van der Waals surface area contributed by atoms with Gasteiger partial charge in [0.2, 0.25) is 11.1 Å². The molecule has 28 heavy (non-hydrogen) atoms. The molecule has 1 atom stereocenters. The maximum absolute atomic E-state index is 12.9. The quantitative estimate of drug-likeness (QED) is 0.531. The van der Waals surface area contributed by atoms with Crippen molar-refractivity contribution in [2.75, 3.05) is 20.1 Å². The minimum atomic E-state index is -0.345. The fourth-order valence-electron chi connectivity index (χ4n) is 3.05. The number of amides is 1. The predicted molar refractivity (Wildman–Crippen MR) is 111 cm³/mol. The lowest BCUT2D eigenvalue weighted by Gasteiger charge is -2.32. The summed E-state index contributed by atoms with van der Waals surface area (Å²) in [5.41, 5.74) is 0.690. The van der Waals surface area contributed by atoms with Crippen molar-refractivity contribution >= 4 is 17.7 Å². The van der Waals surface area contributed by atoms with Gasteiger partial charge < -0.3 is 20.2 Å². The van der Waals surface area contributed by atoms with E-state index in [0.29, 0.717) is 28.0 Å². The molecule has 0 aliphatic heterocycles. The third-order valence-corrected chi connectivity index (χ3v) is 5.36. The largest absolute Gasteiger partial charge is 0.497 e. The molecule has 1 heterocycles. The Morgan fingerprint density at radius 1 is 1.11 bits per heavy atom. The number of nitrogen functional groups attached to an aromatic ring is 1. The Hall–Kier alpha value is -2.42. The van der Waals surface area contributed by atoms with Crippen LogP contribution in [0.5, 0.6) is 11.5 Å². The average Bonchev–Trinajstić information content (AvgIpc) is 3.00. The smallest absolute Gasteiger partial charge is 0.236 e. The monoisotopic (exact) mass is 407 g/mol. The first-order valence-electron chi connectivity index (χ1n) is 9.12. The number of rotatable bonds is 8. The molecule has 0 aliphatic carbocycles. The maximum Gasteiger partial charge on any atom is 0.236 e. The molecular weight excluding hydrogens is 378 g/mol. The lowest BCUT2D eigenvalue weighted by Crippen LogP contribution is -2.45. The molecule has 1 aromatic heterocycles. The number of hydrogen-bond donors (Lipinski definition) is 1. The standard InChI is InChI=1S/C19H29N5O3S/c1-11(2)23(12(3)4)18(25)13(5)28-19-22-21-17(24(19)20)15-9-8-14(26-6)10-16(15)27-7/h8-13H,20H2,1-7H3/t13-/m1/s1. The second-order valence-electron chi connectivity index (χ2n) is 6.94. The summed E-state index contributed by atoms with van der Waals surface area (Å²) < 4.78 is 12.0. The Bertz CT molecular complexity index is 814. The molecule has 0 bridgehead atoms. The van der Waals surface area contributed by atoms with Crippen molar-refractivity contribution in [3.05, 3.63) is 18.2 Å². The first kappa shape index (κ1) is 21.9. The number of carbonyl (C=O) groups excluding carboxylic acids is 1. The van der Waals surface area contributed by atoms with Crippen molar-refractivity contribution in [3.8, 4) is 22.9 Å². The molecular formula is C19H29N5O3S. The van der Waals surface area contributed by atoms with Gasteiger partial charge in [0.1, 0.15) is 11.5 Å². The molecule has 0 fully saturated rings. The van der Waals surface area contributed by atoms with E-state index in [2.05, 4.69) is 10.2 Å². The van der Waals surface area contributed by atoms with Crippen LogP contribution in [0.4, 0.5) is 0 Å². The maximum atomic E-state index is 12.9. The molecule has 0 aliphatic rings. The van der Waals surface area contributed by atoms with Crippen molar-refractivity contribution < 1.29 is 14.3 Å². The molecule has 9 heteroatoms. The van der Waals surface area contributed by atoms with Gasteiger partial charge in [0.15, 0.2) is 5.82 Å². The third-order valence-electron chi connectivity index (χ3n) is 4.31. The van der Waals surface area contributed by atoms with Gasteiger partial charge >= 0.3 is 0 Å². The second kappa shape index (κ2) is 9.18. The minimum Gasteiger partial charge on any atom is -0.497 e. The zero-order chi connectivity index (χ0) is 21.0.